The normalized spacial score (nSPS) is 30.8. The van der Waals surface area contributed by atoms with Gasteiger partial charge in [0.1, 0.15) is 17.1 Å². The van der Waals surface area contributed by atoms with Gasteiger partial charge in [0.2, 0.25) is 0 Å². The second kappa shape index (κ2) is 15.7. The number of carbonyl (C=O) groups excluding carboxylic acids is 2. The van der Waals surface area contributed by atoms with E-state index in [-0.39, 0.29) is 59.6 Å². The van der Waals surface area contributed by atoms with Crippen molar-refractivity contribution in [2.75, 3.05) is 0 Å². The summed E-state index contributed by atoms with van der Waals surface area (Å²) in [7, 11) is 0. The van der Waals surface area contributed by atoms with Gasteiger partial charge in [0.05, 0.1) is 35.6 Å². The predicted molar refractivity (Wildman–Crippen MR) is 176 cm³/mol. The molecule has 2 heterocycles. The number of carboxylic acids is 1. The molecule has 2 aliphatic rings. The van der Waals surface area contributed by atoms with Crippen molar-refractivity contribution in [2.45, 2.75) is 156 Å². The van der Waals surface area contributed by atoms with Crippen molar-refractivity contribution in [3.63, 3.8) is 0 Å². The third kappa shape index (κ3) is 7.86. The van der Waals surface area contributed by atoms with E-state index in [0.29, 0.717) is 49.7 Å². The standard InChI is InChI=1S/C37H58O9/c1-10-27(33-23(7)20-37(13-4,46-33)28-18-19-36(43,12-3)25(9)44-28)32(40)24(8)31(39)21(5)14-16-26-17-15-22(6)34(30(26)35(41)42)45-29(38)11-2/h15,17,21,23-25,27-28,31,33,39,43H,10-14,16,18-20H2,1-9H3,(H,41,42). The highest BCUT2D eigenvalue weighted by molar-refractivity contribution is 5.94. The fraction of sp³-hybridized carbons (Fsp3) is 0.757. The van der Waals surface area contributed by atoms with Gasteiger partial charge in [-0.2, -0.15) is 0 Å². The SMILES string of the molecule is CCC(=O)Oc1c(C)ccc(CCC(C)C(O)C(C)C(=O)C(CC)C2OC(CC)(C3CCC(O)(CC)C(C)O3)CC2C)c1C(=O)O. The van der Waals surface area contributed by atoms with Crippen molar-refractivity contribution < 1.29 is 43.9 Å². The van der Waals surface area contributed by atoms with Crippen LogP contribution in [0.5, 0.6) is 5.75 Å². The van der Waals surface area contributed by atoms with Gasteiger partial charge in [0.25, 0.3) is 0 Å². The van der Waals surface area contributed by atoms with Crippen molar-refractivity contribution in [2.24, 2.45) is 23.7 Å². The minimum absolute atomic E-state index is 0.0285. The number of ether oxygens (including phenoxy) is 3. The first-order chi connectivity index (χ1) is 21.6. The maximum atomic E-state index is 14.0. The third-order valence-electron chi connectivity index (χ3n) is 11.1. The highest BCUT2D eigenvalue weighted by atomic mass is 16.6. The quantitative estimate of drug-likeness (QED) is 0.145. The van der Waals surface area contributed by atoms with Gasteiger partial charge < -0.3 is 29.5 Å². The van der Waals surface area contributed by atoms with Gasteiger partial charge >= 0.3 is 11.9 Å². The van der Waals surface area contributed by atoms with E-state index in [9.17, 15) is 29.7 Å². The Morgan fingerprint density at radius 3 is 2.30 bits per heavy atom. The van der Waals surface area contributed by atoms with E-state index in [4.69, 9.17) is 14.2 Å². The average molecular weight is 647 g/mol. The largest absolute Gasteiger partial charge is 0.478 e. The Morgan fingerprint density at radius 2 is 1.76 bits per heavy atom. The second-order valence-electron chi connectivity index (χ2n) is 14.0. The molecule has 0 saturated carbocycles. The lowest BCUT2D eigenvalue weighted by atomic mass is 9.76. The molecule has 0 amide bonds. The lowest BCUT2D eigenvalue weighted by Gasteiger charge is -2.47. The van der Waals surface area contributed by atoms with Gasteiger partial charge in [-0.3, -0.25) is 9.59 Å². The molecule has 0 radical (unpaired) electrons. The van der Waals surface area contributed by atoms with Crippen LogP contribution in [0.3, 0.4) is 0 Å². The molecule has 0 aromatic heterocycles. The van der Waals surface area contributed by atoms with Crippen LogP contribution in [-0.4, -0.2) is 68.7 Å². The Morgan fingerprint density at radius 1 is 1.09 bits per heavy atom. The fourth-order valence-electron chi connectivity index (χ4n) is 7.75. The monoisotopic (exact) mass is 646 g/mol. The van der Waals surface area contributed by atoms with Crippen molar-refractivity contribution in [1.82, 2.24) is 0 Å². The Kier molecular flexibility index (Phi) is 13.0. The number of ketones is 1. The van der Waals surface area contributed by atoms with Crippen molar-refractivity contribution >= 4 is 17.7 Å². The number of esters is 1. The molecule has 9 heteroatoms. The molecule has 0 aliphatic carbocycles. The maximum Gasteiger partial charge on any atom is 0.339 e. The van der Waals surface area contributed by atoms with E-state index >= 15 is 0 Å². The summed E-state index contributed by atoms with van der Waals surface area (Å²) in [5.41, 5.74) is -0.333. The van der Waals surface area contributed by atoms with E-state index in [0.717, 1.165) is 12.8 Å². The number of benzene rings is 1. The topological polar surface area (TPSA) is 140 Å². The summed E-state index contributed by atoms with van der Waals surface area (Å²) in [5, 5.41) is 32.3. The molecule has 3 rings (SSSR count). The molecule has 260 valence electrons. The number of Topliss-reactive ketones (excluding diaryl/α,β-unsaturated/α-hetero) is 1. The smallest absolute Gasteiger partial charge is 0.339 e. The van der Waals surface area contributed by atoms with Gasteiger partial charge in [0, 0.05) is 18.3 Å². The molecule has 3 N–H and O–H groups in total. The first-order valence-electron chi connectivity index (χ1n) is 17.4. The van der Waals surface area contributed by atoms with E-state index in [1.54, 1.807) is 32.9 Å². The molecule has 2 aliphatic heterocycles. The van der Waals surface area contributed by atoms with Crippen LogP contribution in [0.25, 0.3) is 0 Å². The number of carbonyl (C=O) groups is 3. The maximum absolute atomic E-state index is 14.0. The van der Waals surface area contributed by atoms with Gasteiger partial charge in [0.15, 0.2) is 0 Å². The highest BCUT2D eigenvalue weighted by Gasteiger charge is 2.55. The summed E-state index contributed by atoms with van der Waals surface area (Å²) in [6, 6.07) is 3.46. The summed E-state index contributed by atoms with van der Waals surface area (Å²) in [4.78, 5) is 38.2. The van der Waals surface area contributed by atoms with Crippen LogP contribution in [0.1, 0.15) is 128 Å². The molecule has 1 aromatic rings. The van der Waals surface area contributed by atoms with E-state index < -0.39 is 35.2 Å². The number of carboxylic acid groups (broad SMARTS) is 1. The number of aromatic carboxylic acids is 1. The Hall–Kier alpha value is -2.33. The van der Waals surface area contributed by atoms with Crippen LogP contribution >= 0.6 is 0 Å². The van der Waals surface area contributed by atoms with E-state index in [1.165, 1.54) is 0 Å². The number of aliphatic hydroxyl groups excluding tert-OH is 1. The lowest BCUT2D eigenvalue weighted by Crippen LogP contribution is -2.55. The summed E-state index contributed by atoms with van der Waals surface area (Å²) in [6.45, 7) is 17.1. The number of rotatable bonds is 15. The number of hydrogen-bond acceptors (Lipinski definition) is 8. The van der Waals surface area contributed by atoms with Crippen molar-refractivity contribution in [3.05, 3.63) is 28.8 Å². The minimum atomic E-state index is -1.18. The van der Waals surface area contributed by atoms with Crippen LogP contribution in [0.4, 0.5) is 0 Å². The van der Waals surface area contributed by atoms with E-state index in [1.807, 2.05) is 27.7 Å². The van der Waals surface area contributed by atoms with Crippen LogP contribution in [-0.2, 0) is 25.5 Å². The molecule has 9 nitrogen and oxygen atoms in total. The molecule has 10 atom stereocenters. The van der Waals surface area contributed by atoms with Gasteiger partial charge in [-0.25, -0.2) is 4.79 Å². The summed E-state index contributed by atoms with van der Waals surface area (Å²) in [6.07, 6.45) is 3.28. The molecule has 2 saturated heterocycles. The zero-order valence-electron chi connectivity index (χ0n) is 29.4. The number of hydrogen-bond donors (Lipinski definition) is 3. The average Bonchev–Trinajstić information content (AvgIpc) is 3.38. The van der Waals surface area contributed by atoms with Gasteiger partial charge in [-0.1, -0.05) is 60.6 Å². The summed E-state index contributed by atoms with van der Waals surface area (Å²) in [5.74, 6) is -2.87. The third-order valence-corrected chi connectivity index (χ3v) is 11.1. The predicted octanol–water partition coefficient (Wildman–Crippen LogP) is 6.45. The van der Waals surface area contributed by atoms with Crippen LogP contribution in [0.2, 0.25) is 0 Å². The van der Waals surface area contributed by atoms with Crippen molar-refractivity contribution in [1.29, 1.82) is 0 Å². The molecule has 46 heavy (non-hydrogen) atoms. The first kappa shape index (κ1) is 38.1. The van der Waals surface area contributed by atoms with Crippen LogP contribution < -0.4 is 4.74 Å². The molecule has 0 bridgehead atoms. The molecule has 1 aromatic carbocycles. The molecule has 10 unspecified atom stereocenters. The lowest BCUT2D eigenvalue weighted by molar-refractivity contribution is -0.229. The molecular formula is C37H58O9. The molecular weight excluding hydrogens is 588 g/mol. The molecule has 2 fully saturated rings. The Balaban J connectivity index is 1.71. The highest BCUT2D eigenvalue weighted by Crippen LogP contribution is 2.48. The minimum Gasteiger partial charge on any atom is -0.478 e. The van der Waals surface area contributed by atoms with Gasteiger partial charge in [-0.15, -0.1) is 0 Å². The van der Waals surface area contributed by atoms with E-state index in [2.05, 4.69) is 13.8 Å². The second-order valence-corrected chi connectivity index (χ2v) is 14.0. The van der Waals surface area contributed by atoms with Crippen LogP contribution in [0.15, 0.2) is 12.1 Å². The summed E-state index contributed by atoms with van der Waals surface area (Å²) >= 11 is 0. The number of aryl methyl sites for hydroxylation is 2. The molecule has 0 spiro atoms. The van der Waals surface area contributed by atoms with Crippen LogP contribution in [0, 0.1) is 30.6 Å². The van der Waals surface area contributed by atoms with Gasteiger partial charge in [-0.05, 0) is 88.2 Å². The Bertz CT molecular complexity index is 1230. The zero-order valence-corrected chi connectivity index (χ0v) is 29.4. The first-order valence-corrected chi connectivity index (χ1v) is 17.4. The zero-order chi connectivity index (χ0) is 34.6. The summed E-state index contributed by atoms with van der Waals surface area (Å²) < 4.78 is 18.7. The van der Waals surface area contributed by atoms with Crippen molar-refractivity contribution in [3.8, 4) is 5.75 Å². The Labute approximate surface area is 275 Å². The fourth-order valence-corrected chi connectivity index (χ4v) is 7.75. The number of aliphatic hydroxyl groups is 2.